The zero-order valence-corrected chi connectivity index (χ0v) is 15.2. The number of nitrogens with one attached hydrogen (secondary N) is 2. The molecule has 0 aliphatic carbocycles. The Morgan fingerprint density at radius 2 is 1.72 bits per heavy atom. The minimum Gasteiger partial charge on any atom is -0.350 e. The molecule has 25 heavy (non-hydrogen) atoms. The summed E-state index contributed by atoms with van der Waals surface area (Å²) in [5, 5.41) is 5.43. The van der Waals surface area contributed by atoms with E-state index < -0.39 is 0 Å². The van der Waals surface area contributed by atoms with Crippen molar-refractivity contribution in [2.45, 2.75) is 40.2 Å². The Balaban J connectivity index is 2.15. The van der Waals surface area contributed by atoms with Gasteiger partial charge in [-0.15, -0.1) is 0 Å². The Morgan fingerprint density at radius 3 is 2.28 bits per heavy atom. The van der Waals surface area contributed by atoms with E-state index in [1.54, 1.807) is 18.2 Å². The van der Waals surface area contributed by atoms with Crippen molar-refractivity contribution in [2.75, 3.05) is 6.54 Å². The fraction of sp³-hybridized carbons (Fsp3) is 0.368. The molecule has 0 fully saturated rings. The van der Waals surface area contributed by atoms with Crippen LogP contribution >= 0.6 is 0 Å². The molecule has 2 aromatic rings. The Morgan fingerprint density at radius 1 is 1.12 bits per heavy atom. The summed E-state index contributed by atoms with van der Waals surface area (Å²) in [6.45, 7) is 9.24. The highest BCUT2D eigenvalue weighted by Gasteiger charge is 2.18. The topological polar surface area (TPSA) is 63.1 Å². The van der Waals surface area contributed by atoms with Gasteiger partial charge in [-0.05, 0) is 65.0 Å². The number of hydrogen-bond acceptors (Lipinski definition) is 2. The summed E-state index contributed by atoms with van der Waals surface area (Å²) in [5.74, 6) is -0.868. The molecule has 134 valence electrons. The van der Waals surface area contributed by atoms with Gasteiger partial charge < -0.3 is 15.2 Å². The smallest absolute Gasteiger partial charge is 0.253 e. The maximum atomic E-state index is 13.1. The lowest BCUT2D eigenvalue weighted by atomic mass is 10.1. The number of benzene rings is 1. The highest BCUT2D eigenvalue weighted by molar-refractivity contribution is 5.98. The van der Waals surface area contributed by atoms with E-state index in [9.17, 15) is 14.0 Å². The molecule has 2 amide bonds. The standard InChI is InChI=1S/C19H24FN3O2/c1-12-10-16(18(25)21-11-17(24)22-19(3,4)5)13(2)23(12)15-8-6-14(20)7-9-15/h6-10H,11H2,1-5H3,(H,21,25)(H,22,24). The van der Waals surface area contributed by atoms with Crippen molar-refractivity contribution in [1.82, 2.24) is 15.2 Å². The predicted octanol–water partition coefficient (Wildman–Crippen LogP) is 2.88. The molecule has 0 unspecified atom stereocenters. The van der Waals surface area contributed by atoms with E-state index in [4.69, 9.17) is 0 Å². The Bertz CT molecular complexity index is 786. The van der Waals surface area contributed by atoms with Crippen molar-refractivity contribution in [2.24, 2.45) is 0 Å². The molecule has 6 heteroatoms. The van der Waals surface area contributed by atoms with Gasteiger partial charge in [0.1, 0.15) is 5.82 Å². The molecule has 0 bridgehead atoms. The number of halogens is 1. The number of amides is 2. The van der Waals surface area contributed by atoms with E-state index in [0.29, 0.717) is 5.56 Å². The highest BCUT2D eigenvalue weighted by atomic mass is 19.1. The molecule has 1 heterocycles. The van der Waals surface area contributed by atoms with Gasteiger partial charge in [-0.2, -0.15) is 0 Å². The first-order valence-corrected chi connectivity index (χ1v) is 8.12. The van der Waals surface area contributed by atoms with Crippen molar-refractivity contribution >= 4 is 11.8 Å². The van der Waals surface area contributed by atoms with Crippen LogP contribution in [0.5, 0.6) is 0 Å². The maximum Gasteiger partial charge on any atom is 0.253 e. The molecule has 0 atom stereocenters. The van der Waals surface area contributed by atoms with Gasteiger partial charge in [-0.3, -0.25) is 9.59 Å². The fourth-order valence-corrected chi connectivity index (χ4v) is 2.70. The molecule has 0 aliphatic rings. The quantitative estimate of drug-likeness (QED) is 0.895. The van der Waals surface area contributed by atoms with Gasteiger partial charge in [-0.1, -0.05) is 0 Å². The fourth-order valence-electron chi connectivity index (χ4n) is 2.70. The molecule has 1 aromatic heterocycles. The Labute approximate surface area is 147 Å². The minimum absolute atomic E-state index is 0.0870. The number of hydrogen-bond donors (Lipinski definition) is 2. The van der Waals surface area contributed by atoms with Crippen LogP contribution in [0.2, 0.25) is 0 Å². The molecule has 0 saturated heterocycles. The predicted molar refractivity (Wildman–Crippen MR) is 95.4 cm³/mol. The third kappa shape index (κ3) is 4.68. The number of nitrogens with zero attached hydrogens (tertiary/aromatic N) is 1. The van der Waals surface area contributed by atoms with Crippen molar-refractivity contribution in [3.8, 4) is 5.69 Å². The molecule has 5 nitrogen and oxygen atoms in total. The lowest BCUT2D eigenvalue weighted by Crippen LogP contribution is -2.45. The van der Waals surface area contributed by atoms with E-state index in [0.717, 1.165) is 17.1 Å². The molecule has 2 rings (SSSR count). The van der Waals surface area contributed by atoms with Crippen LogP contribution in [-0.4, -0.2) is 28.5 Å². The minimum atomic E-state index is -0.347. The number of aromatic nitrogens is 1. The first-order chi connectivity index (χ1) is 11.6. The zero-order valence-electron chi connectivity index (χ0n) is 15.2. The van der Waals surface area contributed by atoms with Crippen LogP contribution in [-0.2, 0) is 4.79 Å². The summed E-state index contributed by atoms with van der Waals surface area (Å²) in [4.78, 5) is 24.3. The van der Waals surface area contributed by atoms with Crippen molar-refractivity contribution in [3.63, 3.8) is 0 Å². The zero-order chi connectivity index (χ0) is 18.8. The summed E-state index contributed by atoms with van der Waals surface area (Å²) in [6, 6.07) is 7.84. The van der Waals surface area contributed by atoms with Gasteiger partial charge in [0.2, 0.25) is 5.91 Å². The van der Waals surface area contributed by atoms with E-state index in [-0.39, 0.29) is 29.7 Å². The largest absolute Gasteiger partial charge is 0.350 e. The summed E-state index contributed by atoms with van der Waals surface area (Å²) < 4.78 is 15.0. The number of rotatable bonds is 4. The number of carbonyl (C=O) groups is 2. The van der Waals surface area contributed by atoms with E-state index in [1.165, 1.54) is 12.1 Å². The second-order valence-corrected chi connectivity index (χ2v) is 7.08. The lowest BCUT2D eigenvalue weighted by molar-refractivity contribution is -0.121. The first kappa shape index (κ1) is 18.7. The molecule has 0 spiro atoms. The van der Waals surface area contributed by atoms with Crippen LogP contribution in [0.25, 0.3) is 5.69 Å². The third-order valence-corrected chi connectivity index (χ3v) is 3.68. The van der Waals surface area contributed by atoms with Crippen molar-refractivity contribution in [1.29, 1.82) is 0 Å². The Hall–Kier alpha value is -2.63. The van der Waals surface area contributed by atoms with Crippen molar-refractivity contribution < 1.29 is 14.0 Å². The molecule has 1 aromatic carbocycles. The van der Waals surface area contributed by atoms with E-state index in [2.05, 4.69) is 10.6 Å². The van der Waals surface area contributed by atoms with Crippen LogP contribution in [0.4, 0.5) is 4.39 Å². The van der Waals surface area contributed by atoms with Crippen LogP contribution in [0, 0.1) is 19.7 Å². The molecular weight excluding hydrogens is 321 g/mol. The van der Waals surface area contributed by atoms with Gasteiger partial charge in [0, 0.05) is 22.6 Å². The monoisotopic (exact) mass is 345 g/mol. The van der Waals surface area contributed by atoms with E-state index in [1.807, 2.05) is 39.2 Å². The van der Waals surface area contributed by atoms with Crippen LogP contribution < -0.4 is 10.6 Å². The lowest BCUT2D eigenvalue weighted by Gasteiger charge is -2.20. The molecule has 0 radical (unpaired) electrons. The average Bonchev–Trinajstić information content (AvgIpc) is 2.79. The Kier molecular flexibility index (Phi) is 5.30. The maximum absolute atomic E-state index is 13.1. The highest BCUT2D eigenvalue weighted by Crippen LogP contribution is 2.21. The van der Waals surface area contributed by atoms with Gasteiger partial charge in [0.25, 0.3) is 5.91 Å². The van der Waals surface area contributed by atoms with Crippen LogP contribution in [0.15, 0.2) is 30.3 Å². The molecule has 0 saturated carbocycles. The van der Waals surface area contributed by atoms with Crippen molar-refractivity contribution in [3.05, 3.63) is 53.1 Å². The van der Waals surface area contributed by atoms with Crippen LogP contribution in [0.3, 0.4) is 0 Å². The molecular formula is C19H24FN3O2. The molecule has 2 N–H and O–H groups in total. The summed E-state index contributed by atoms with van der Waals surface area (Å²) >= 11 is 0. The van der Waals surface area contributed by atoms with Gasteiger partial charge in [0.05, 0.1) is 12.1 Å². The second-order valence-electron chi connectivity index (χ2n) is 7.08. The van der Waals surface area contributed by atoms with Gasteiger partial charge >= 0.3 is 0 Å². The summed E-state index contributed by atoms with van der Waals surface area (Å²) in [6.07, 6.45) is 0. The van der Waals surface area contributed by atoms with Crippen LogP contribution in [0.1, 0.15) is 42.5 Å². The third-order valence-electron chi connectivity index (χ3n) is 3.68. The molecule has 0 aliphatic heterocycles. The summed E-state index contributed by atoms with van der Waals surface area (Å²) in [7, 11) is 0. The second kappa shape index (κ2) is 7.09. The first-order valence-electron chi connectivity index (χ1n) is 8.12. The van der Waals surface area contributed by atoms with E-state index >= 15 is 0 Å². The normalized spacial score (nSPS) is 11.3. The van der Waals surface area contributed by atoms with Gasteiger partial charge in [0.15, 0.2) is 0 Å². The summed E-state index contributed by atoms with van der Waals surface area (Å²) in [5.41, 5.74) is 2.51. The number of aryl methyl sites for hydroxylation is 1. The number of carbonyl (C=O) groups excluding carboxylic acids is 2. The van der Waals surface area contributed by atoms with Gasteiger partial charge in [-0.25, -0.2) is 4.39 Å². The average molecular weight is 345 g/mol. The SMILES string of the molecule is Cc1cc(C(=O)NCC(=O)NC(C)(C)C)c(C)n1-c1ccc(F)cc1.